The second-order valence-electron chi connectivity index (χ2n) is 4.30. The van der Waals surface area contributed by atoms with Gasteiger partial charge in [0.2, 0.25) is 0 Å². The third kappa shape index (κ3) is 3.54. The van der Waals surface area contributed by atoms with Crippen LogP contribution in [0.15, 0.2) is 30.6 Å². The smallest absolute Gasteiger partial charge is 0.303 e. The summed E-state index contributed by atoms with van der Waals surface area (Å²) in [5.74, 6) is -0.0352. The van der Waals surface area contributed by atoms with Crippen molar-refractivity contribution in [2.24, 2.45) is 0 Å². The van der Waals surface area contributed by atoms with Crippen LogP contribution in [0.25, 0.3) is 11.3 Å². The van der Waals surface area contributed by atoms with Gasteiger partial charge in [-0.05, 0) is 24.6 Å². The molecule has 0 radical (unpaired) electrons. The van der Waals surface area contributed by atoms with Crippen molar-refractivity contribution in [3.05, 3.63) is 30.6 Å². The van der Waals surface area contributed by atoms with Crippen molar-refractivity contribution in [2.45, 2.75) is 12.8 Å². The predicted molar refractivity (Wildman–Crippen MR) is 72.0 cm³/mol. The van der Waals surface area contributed by atoms with Gasteiger partial charge in [0.1, 0.15) is 0 Å². The van der Waals surface area contributed by atoms with E-state index < -0.39 is 5.97 Å². The minimum absolute atomic E-state index is 0.166. The van der Waals surface area contributed by atoms with Crippen LogP contribution in [-0.4, -0.2) is 39.8 Å². The number of carbonyl (C=O) groups is 1. The molecule has 0 saturated heterocycles. The fraction of sp³-hybridized carbons (Fsp3) is 0.308. The van der Waals surface area contributed by atoms with Crippen LogP contribution >= 0.6 is 0 Å². The number of aliphatic carboxylic acids is 1. The number of rotatable bonds is 6. The molecule has 2 heterocycles. The number of anilines is 1. The lowest BCUT2D eigenvalue weighted by molar-refractivity contribution is -0.137. The monoisotopic (exact) mass is 260 g/mol. The Hall–Kier alpha value is -2.37. The van der Waals surface area contributed by atoms with E-state index in [0.29, 0.717) is 13.0 Å². The molecule has 0 aromatic carbocycles. The zero-order valence-corrected chi connectivity index (χ0v) is 10.7. The highest BCUT2D eigenvalue weighted by Gasteiger charge is 2.06. The maximum atomic E-state index is 10.4. The number of aromatic amines is 1. The molecule has 0 aliphatic heterocycles. The second-order valence-corrected chi connectivity index (χ2v) is 4.30. The fourth-order valence-electron chi connectivity index (χ4n) is 1.75. The van der Waals surface area contributed by atoms with Gasteiger partial charge in [-0.25, -0.2) is 0 Å². The van der Waals surface area contributed by atoms with Gasteiger partial charge in [0.05, 0.1) is 5.69 Å². The molecule has 0 aliphatic rings. The zero-order valence-electron chi connectivity index (χ0n) is 10.7. The van der Waals surface area contributed by atoms with Crippen LogP contribution in [0.4, 0.5) is 5.82 Å². The molecular formula is C13H16N4O2. The molecule has 0 unspecified atom stereocenters. The highest BCUT2D eigenvalue weighted by molar-refractivity contribution is 5.66. The predicted octanol–water partition coefficient (Wildman–Crippen LogP) is 1.77. The Kier molecular flexibility index (Phi) is 4.12. The summed E-state index contributed by atoms with van der Waals surface area (Å²) in [5, 5.41) is 16.9. The van der Waals surface area contributed by atoms with E-state index in [9.17, 15) is 4.79 Å². The SMILES string of the molecule is CN(CCCC(=O)O)c1ccc(-c2cc[nH]c2)nn1. The number of H-pyrrole nitrogens is 1. The molecule has 0 bridgehead atoms. The van der Waals surface area contributed by atoms with Crippen LogP contribution in [-0.2, 0) is 4.79 Å². The summed E-state index contributed by atoms with van der Waals surface area (Å²) in [6.45, 7) is 0.643. The first-order valence-corrected chi connectivity index (χ1v) is 6.06. The lowest BCUT2D eigenvalue weighted by atomic mass is 10.2. The van der Waals surface area contributed by atoms with Crippen LogP contribution in [0.5, 0.6) is 0 Å². The van der Waals surface area contributed by atoms with Gasteiger partial charge in [-0.1, -0.05) is 0 Å². The third-order valence-corrected chi connectivity index (χ3v) is 2.82. The van der Waals surface area contributed by atoms with Gasteiger partial charge < -0.3 is 15.0 Å². The molecule has 6 nitrogen and oxygen atoms in total. The topological polar surface area (TPSA) is 82.1 Å². The molecule has 2 aromatic rings. The molecule has 2 aromatic heterocycles. The van der Waals surface area contributed by atoms with Crippen LogP contribution < -0.4 is 4.90 Å². The van der Waals surface area contributed by atoms with Gasteiger partial charge in [-0.2, -0.15) is 0 Å². The summed E-state index contributed by atoms with van der Waals surface area (Å²) < 4.78 is 0. The van der Waals surface area contributed by atoms with E-state index >= 15 is 0 Å². The standard InChI is InChI=1S/C13H16N4O2/c1-17(8-2-3-13(18)19)12-5-4-11(15-16-12)10-6-7-14-9-10/h4-7,9,14H,2-3,8H2,1H3,(H,18,19). The lowest BCUT2D eigenvalue weighted by Gasteiger charge is -2.16. The van der Waals surface area contributed by atoms with Gasteiger partial charge in [0.15, 0.2) is 5.82 Å². The minimum atomic E-state index is -0.776. The molecule has 2 N–H and O–H groups in total. The van der Waals surface area contributed by atoms with Gasteiger partial charge >= 0.3 is 5.97 Å². The van der Waals surface area contributed by atoms with Crippen molar-refractivity contribution in [3.8, 4) is 11.3 Å². The first-order chi connectivity index (χ1) is 9.16. The zero-order chi connectivity index (χ0) is 13.7. The van der Waals surface area contributed by atoms with Crippen molar-refractivity contribution in [2.75, 3.05) is 18.5 Å². The highest BCUT2D eigenvalue weighted by Crippen LogP contribution is 2.17. The quantitative estimate of drug-likeness (QED) is 0.827. The molecule has 19 heavy (non-hydrogen) atoms. The largest absolute Gasteiger partial charge is 0.481 e. The molecular weight excluding hydrogens is 244 g/mol. The van der Waals surface area contributed by atoms with Crippen molar-refractivity contribution >= 4 is 11.8 Å². The minimum Gasteiger partial charge on any atom is -0.481 e. The summed E-state index contributed by atoms with van der Waals surface area (Å²) in [4.78, 5) is 15.3. The number of nitrogens with zero attached hydrogens (tertiary/aromatic N) is 3. The average molecular weight is 260 g/mol. The Morgan fingerprint density at radius 2 is 2.21 bits per heavy atom. The molecule has 6 heteroatoms. The van der Waals surface area contributed by atoms with Crippen LogP contribution in [0.3, 0.4) is 0 Å². The Morgan fingerprint density at radius 1 is 1.37 bits per heavy atom. The van der Waals surface area contributed by atoms with E-state index in [0.717, 1.165) is 17.1 Å². The highest BCUT2D eigenvalue weighted by atomic mass is 16.4. The molecule has 2 rings (SSSR count). The van der Waals surface area contributed by atoms with E-state index in [1.54, 1.807) is 0 Å². The van der Waals surface area contributed by atoms with Crippen LogP contribution in [0, 0.1) is 0 Å². The number of nitrogens with one attached hydrogen (secondary N) is 1. The maximum absolute atomic E-state index is 10.4. The van der Waals surface area contributed by atoms with Crippen molar-refractivity contribution in [3.63, 3.8) is 0 Å². The lowest BCUT2D eigenvalue weighted by Crippen LogP contribution is -2.20. The Balaban J connectivity index is 1.96. The molecule has 0 aliphatic carbocycles. The molecule has 100 valence electrons. The van der Waals surface area contributed by atoms with Crippen molar-refractivity contribution in [1.82, 2.24) is 15.2 Å². The van der Waals surface area contributed by atoms with E-state index in [2.05, 4.69) is 15.2 Å². The summed E-state index contributed by atoms with van der Waals surface area (Å²) in [6, 6.07) is 5.72. The van der Waals surface area contributed by atoms with E-state index in [1.165, 1.54) is 0 Å². The molecule has 0 fully saturated rings. The number of carboxylic acid groups (broad SMARTS) is 1. The van der Waals surface area contributed by atoms with Gasteiger partial charge in [0, 0.05) is 38.0 Å². The fourth-order valence-corrected chi connectivity index (χ4v) is 1.75. The molecule has 0 atom stereocenters. The van der Waals surface area contributed by atoms with E-state index in [-0.39, 0.29) is 6.42 Å². The van der Waals surface area contributed by atoms with E-state index in [4.69, 9.17) is 5.11 Å². The number of hydrogen-bond donors (Lipinski definition) is 2. The van der Waals surface area contributed by atoms with Crippen LogP contribution in [0.2, 0.25) is 0 Å². The Morgan fingerprint density at radius 3 is 2.79 bits per heavy atom. The number of hydrogen-bond acceptors (Lipinski definition) is 4. The van der Waals surface area contributed by atoms with Crippen molar-refractivity contribution < 1.29 is 9.90 Å². The maximum Gasteiger partial charge on any atom is 0.303 e. The summed E-state index contributed by atoms with van der Waals surface area (Å²) in [6.07, 6.45) is 4.45. The van der Waals surface area contributed by atoms with Gasteiger partial charge in [-0.15, -0.1) is 10.2 Å². The number of carboxylic acids is 1. The average Bonchev–Trinajstić information content (AvgIpc) is 2.92. The normalized spacial score (nSPS) is 10.4. The first kappa shape index (κ1) is 13.1. The Labute approximate surface area is 111 Å². The van der Waals surface area contributed by atoms with Gasteiger partial charge in [-0.3, -0.25) is 4.79 Å². The number of aromatic nitrogens is 3. The molecule has 0 spiro atoms. The second kappa shape index (κ2) is 5.99. The molecule has 0 saturated carbocycles. The summed E-state index contributed by atoms with van der Waals surface area (Å²) >= 11 is 0. The first-order valence-electron chi connectivity index (χ1n) is 6.06. The summed E-state index contributed by atoms with van der Waals surface area (Å²) in [7, 11) is 1.88. The summed E-state index contributed by atoms with van der Waals surface area (Å²) in [5.41, 5.74) is 1.80. The van der Waals surface area contributed by atoms with Crippen LogP contribution in [0.1, 0.15) is 12.8 Å². The van der Waals surface area contributed by atoms with E-state index in [1.807, 2.05) is 42.5 Å². The van der Waals surface area contributed by atoms with Gasteiger partial charge in [0.25, 0.3) is 0 Å². The Bertz CT molecular complexity index is 522. The molecule has 0 amide bonds. The van der Waals surface area contributed by atoms with Crippen molar-refractivity contribution in [1.29, 1.82) is 0 Å². The third-order valence-electron chi connectivity index (χ3n) is 2.82.